The maximum absolute atomic E-state index is 3.69. The topological polar surface area (TPSA) is 0 Å². The summed E-state index contributed by atoms with van der Waals surface area (Å²) >= 11 is 9.18. The fraction of sp³-hybridized carbons (Fsp3) is 0.500. The molecule has 1 heterocycles. The van der Waals surface area contributed by atoms with E-state index in [0.717, 1.165) is 5.33 Å². The fourth-order valence-corrected chi connectivity index (χ4v) is 4.44. The van der Waals surface area contributed by atoms with Crippen molar-refractivity contribution in [1.29, 1.82) is 0 Å². The Morgan fingerprint density at radius 1 is 1.40 bits per heavy atom. The lowest BCUT2D eigenvalue weighted by Gasteiger charge is -2.33. The number of alkyl halides is 1. The van der Waals surface area contributed by atoms with Crippen molar-refractivity contribution in [2.75, 3.05) is 5.33 Å². The normalized spacial score (nSPS) is 25.7. The molecule has 1 aliphatic rings. The van der Waals surface area contributed by atoms with Gasteiger partial charge in [-0.15, -0.1) is 11.3 Å². The van der Waals surface area contributed by atoms with Crippen molar-refractivity contribution in [1.82, 2.24) is 0 Å². The summed E-state index contributed by atoms with van der Waals surface area (Å²) in [5, 5.41) is 3.27. The predicted octanol–water partition coefficient (Wildman–Crippen LogP) is 5.17. The molecule has 0 radical (unpaired) electrons. The summed E-state index contributed by atoms with van der Waals surface area (Å²) in [6.45, 7) is 0. The third-order valence-electron chi connectivity index (χ3n) is 3.07. The lowest BCUT2D eigenvalue weighted by molar-refractivity contribution is 0.303. The lowest BCUT2D eigenvalue weighted by Crippen LogP contribution is -2.26. The largest absolute Gasteiger partial charge is 0.148 e. The quantitative estimate of drug-likeness (QED) is 0.521. The number of hydrogen-bond acceptors (Lipinski definition) is 1. The smallest absolute Gasteiger partial charge is 0.0314 e. The molecule has 0 saturated carbocycles. The van der Waals surface area contributed by atoms with Crippen LogP contribution in [0.1, 0.15) is 24.1 Å². The molecule has 1 unspecified atom stereocenters. The molecule has 82 valence electrons. The van der Waals surface area contributed by atoms with Gasteiger partial charge in [0.1, 0.15) is 0 Å². The molecule has 0 aliphatic heterocycles. The molecule has 1 atom stereocenters. The van der Waals surface area contributed by atoms with Crippen molar-refractivity contribution in [3.8, 4) is 0 Å². The van der Waals surface area contributed by atoms with Crippen LogP contribution in [0.3, 0.4) is 0 Å². The number of allylic oxidation sites excluding steroid dienone is 2. The highest BCUT2D eigenvalue weighted by Crippen LogP contribution is 2.40. The maximum Gasteiger partial charge on any atom is 0.0314 e. The molecule has 3 heteroatoms. The van der Waals surface area contributed by atoms with E-state index in [1.165, 1.54) is 35.0 Å². The molecular weight excluding hydrogens is 336 g/mol. The van der Waals surface area contributed by atoms with Crippen LogP contribution in [0.2, 0.25) is 0 Å². The third-order valence-corrected chi connectivity index (χ3v) is 6.18. The van der Waals surface area contributed by atoms with Gasteiger partial charge in [-0.25, -0.2) is 0 Å². The molecule has 0 aromatic carbocycles. The van der Waals surface area contributed by atoms with Crippen LogP contribution >= 0.6 is 43.2 Å². The molecule has 0 amide bonds. The maximum atomic E-state index is 3.69. The zero-order chi connectivity index (χ0) is 10.7. The average molecular weight is 350 g/mol. The summed E-state index contributed by atoms with van der Waals surface area (Å²) in [6.07, 6.45) is 9.59. The lowest BCUT2D eigenvalue weighted by atomic mass is 9.76. The Kier molecular flexibility index (Phi) is 4.08. The van der Waals surface area contributed by atoms with E-state index in [1.54, 1.807) is 0 Å². The molecule has 1 aliphatic carbocycles. The molecule has 15 heavy (non-hydrogen) atoms. The highest BCUT2D eigenvalue weighted by molar-refractivity contribution is 9.10. The molecule has 0 saturated heterocycles. The summed E-state index contributed by atoms with van der Waals surface area (Å²) < 4.78 is 1.28. The van der Waals surface area contributed by atoms with Gasteiger partial charge in [-0.1, -0.05) is 28.1 Å². The first-order chi connectivity index (χ1) is 7.26. The van der Waals surface area contributed by atoms with Gasteiger partial charge in [0.25, 0.3) is 0 Å². The standard InChI is InChI=1S/C12H14Br2S/c13-9-12(5-2-1-3-6-12)8-11-10(14)4-7-15-11/h1-2,4,7H,3,5-6,8-9H2. The second-order valence-corrected chi connectivity index (χ2v) is 6.63. The minimum absolute atomic E-state index is 0.447. The Morgan fingerprint density at radius 3 is 2.80 bits per heavy atom. The molecule has 2 rings (SSSR count). The summed E-state index contributed by atoms with van der Waals surface area (Å²) in [7, 11) is 0. The van der Waals surface area contributed by atoms with Crippen molar-refractivity contribution in [2.45, 2.75) is 25.7 Å². The van der Waals surface area contributed by atoms with Gasteiger partial charge in [0, 0.05) is 14.7 Å². The summed E-state index contributed by atoms with van der Waals surface area (Å²) in [5.41, 5.74) is 0.447. The van der Waals surface area contributed by atoms with Gasteiger partial charge in [0.2, 0.25) is 0 Å². The van der Waals surface area contributed by atoms with E-state index in [-0.39, 0.29) is 0 Å². The van der Waals surface area contributed by atoms with Gasteiger partial charge < -0.3 is 0 Å². The minimum Gasteiger partial charge on any atom is -0.148 e. The van der Waals surface area contributed by atoms with Crippen LogP contribution in [0.5, 0.6) is 0 Å². The number of hydrogen-bond donors (Lipinski definition) is 0. The van der Waals surface area contributed by atoms with Crippen LogP contribution < -0.4 is 0 Å². The molecule has 1 aromatic rings. The van der Waals surface area contributed by atoms with Crippen molar-refractivity contribution in [2.24, 2.45) is 5.41 Å². The Labute approximate surface area is 112 Å². The Morgan fingerprint density at radius 2 is 2.27 bits per heavy atom. The van der Waals surface area contributed by atoms with Gasteiger partial charge in [-0.2, -0.15) is 0 Å². The molecule has 0 fully saturated rings. The monoisotopic (exact) mass is 348 g/mol. The minimum atomic E-state index is 0.447. The summed E-state index contributed by atoms with van der Waals surface area (Å²) in [4.78, 5) is 1.49. The van der Waals surface area contributed by atoms with E-state index >= 15 is 0 Å². The zero-order valence-electron chi connectivity index (χ0n) is 8.51. The molecule has 0 N–H and O–H groups in total. The van der Waals surface area contributed by atoms with E-state index in [2.05, 4.69) is 55.5 Å². The van der Waals surface area contributed by atoms with Crippen molar-refractivity contribution < 1.29 is 0 Å². The Hall–Kier alpha value is 0.400. The average Bonchev–Trinajstić information content (AvgIpc) is 2.66. The van der Waals surface area contributed by atoms with Crippen LogP contribution in [0.4, 0.5) is 0 Å². The molecular formula is C12H14Br2S. The van der Waals surface area contributed by atoms with E-state index in [4.69, 9.17) is 0 Å². The fourth-order valence-electron chi connectivity index (χ4n) is 2.06. The van der Waals surface area contributed by atoms with Gasteiger partial charge in [-0.3, -0.25) is 0 Å². The molecule has 0 bridgehead atoms. The summed E-state index contributed by atoms with van der Waals surface area (Å²) in [5.74, 6) is 0. The van der Waals surface area contributed by atoms with Crippen LogP contribution in [-0.4, -0.2) is 5.33 Å². The predicted molar refractivity (Wildman–Crippen MR) is 74.9 cm³/mol. The Bertz CT molecular complexity index is 356. The van der Waals surface area contributed by atoms with E-state index in [1.807, 2.05) is 11.3 Å². The van der Waals surface area contributed by atoms with Crippen molar-refractivity contribution >= 4 is 43.2 Å². The first kappa shape index (κ1) is 11.9. The number of rotatable bonds is 3. The van der Waals surface area contributed by atoms with Crippen LogP contribution in [0.25, 0.3) is 0 Å². The first-order valence-corrected chi connectivity index (χ1v) is 7.98. The second-order valence-electron chi connectivity index (χ2n) is 4.22. The van der Waals surface area contributed by atoms with E-state index in [9.17, 15) is 0 Å². The van der Waals surface area contributed by atoms with E-state index < -0.39 is 0 Å². The van der Waals surface area contributed by atoms with Crippen LogP contribution in [-0.2, 0) is 6.42 Å². The van der Waals surface area contributed by atoms with Crippen LogP contribution in [0, 0.1) is 5.41 Å². The third kappa shape index (κ3) is 2.75. The molecule has 1 aromatic heterocycles. The SMILES string of the molecule is BrCC1(Cc2sccc2Br)CC=CCC1. The van der Waals surface area contributed by atoms with Gasteiger partial charge in [-0.05, 0) is 58.5 Å². The Balaban J connectivity index is 2.14. The van der Waals surface area contributed by atoms with E-state index in [0.29, 0.717) is 5.41 Å². The highest BCUT2D eigenvalue weighted by Gasteiger charge is 2.30. The van der Waals surface area contributed by atoms with Crippen molar-refractivity contribution in [3.05, 3.63) is 32.9 Å². The molecule has 0 spiro atoms. The van der Waals surface area contributed by atoms with Crippen molar-refractivity contribution in [3.63, 3.8) is 0 Å². The second kappa shape index (κ2) is 5.15. The summed E-state index contributed by atoms with van der Waals surface area (Å²) in [6, 6.07) is 2.15. The van der Waals surface area contributed by atoms with Gasteiger partial charge in [0.15, 0.2) is 0 Å². The first-order valence-electron chi connectivity index (χ1n) is 5.19. The zero-order valence-corrected chi connectivity index (χ0v) is 12.5. The van der Waals surface area contributed by atoms with Crippen LogP contribution in [0.15, 0.2) is 28.1 Å². The van der Waals surface area contributed by atoms with Gasteiger partial charge in [0.05, 0.1) is 0 Å². The van der Waals surface area contributed by atoms with Gasteiger partial charge >= 0.3 is 0 Å². The highest BCUT2D eigenvalue weighted by atomic mass is 79.9. The number of halogens is 2. The number of thiophene rings is 1. The molecule has 0 nitrogen and oxygen atoms in total.